The molecule has 29 heavy (non-hydrogen) atoms. The fourth-order valence-corrected chi connectivity index (χ4v) is 3.37. The lowest BCUT2D eigenvalue weighted by molar-refractivity contribution is -0.137. The summed E-state index contributed by atoms with van der Waals surface area (Å²) in [5, 5.41) is 4.78. The number of nitrogens with zero attached hydrogens (tertiary/aromatic N) is 4. The van der Waals surface area contributed by atoms with Gasteiger partial charge in [-0.1, -0.05) is 28.9 Å². The van der Waals surface area contributed by atoms with Crippen molar-refractivity contribution in [2.75, 3.05) is 31.1 Å². The van der Waals surface area contributed by atoms with Crippen LogP contribution in [0.3, 0.4) is 0 Å². The molecule has 0 bridgehead atoms. The minimum atomic E-state index is -4.37. The predicted octanol–water partition coefficient (Wildman–Crippen LogP) is 4.73. The van der Waals surface area contributed by atoms with Crippen LogP contribution in [0.5, 0.6) is 0 Å². The van der Waals surface area contributed by atoms with Crippen LogP contribution in [-0.2, 0) is 12.7 Å². The summed E-state index contributed by atoms with van der Waals surface area (Å²) in [4.78, 5) is 8.17. The summed E-state index contributed by atoms with van der Waals surface area (Å²) in [7, 11) is 0. The topological polar surface area (TPSA) is 45.4 Å². The summed E-state index contributed by atoms with van der Waals surface area (Å²) in [6.45, 7) is 3.47. The van der Waals surface area contributed by atoms with Crippen LogP contribution in [0.4, 0.5) is 19.0 Å². The molecule has 152 valence electrons. The summed E-state index contributed by atoms with van der Waals surface area (Å²) in [6.07, 6.45) is -3.49. The molecule has 1 aliphatic rings. The van der Waals surface area contributed by atoms with Gasteiger partial charge in [-0.15, -0.1) is 0 Å². The molecule has 3 heterocycles. The van der Waals surface area contributed by atoms with Crippen molar-refractivity contribution in [3.05, 3.63) is 65.0 Å². The highest BCUT2D eigenvalue weighted by Crippen LogP contribution is 2.29. The van der Waals surface area contributed by atoms with Gasteiger partial charge in [0.25, 0.3) is 0 Å². The van der Waals surface area contributed by atoms with Gasteiger partial charge >= 0.3 is 6.18 Å². The molecule has 0 saturated carbocycles. The number of piperazine rings is 1. The van der Waals surface area contributed by atoms with E-state index in [0.29, 0.717) is 30.5 Å². The smallest absolute Gasteiger partial charge is 0.359 e. The highest BCUT2D eigenvalue weighted by molar-refractivity contribution is 6.30. The predicted molar refractivity (Wildman–Crippen MR) is 104 cm³/mol. The summed E-state index contributed by atoms with van der Waals surface area (Å²) in [5.41, 5.74) is 0.952. The highest BCUT2D eigenvalue weighted by atomic mass is 35.5. The molecule has 1 aliphatic heterocycles. The van der Waals surface area contributed by atoms with Crippen LogP contribution >= 0.6 is 11.6 Å². The Balaban J connectivity index is 1.33. The summed E-state index contributed by atoms with van der Waals surface area (Å²) < 4.78 is 43.5. The number of aromatic nitrogens is 2. The minimum Gasteiger partial charge on any atom is -0.359 e. The molecular weight excluding hydrogens is 405 g/mol. The van der Waals surface area contributed by atoms with E-state index < -0.39 is 11.7 Å². The van der Waals surface area contributed by atoms with Gasteiger partial charge in [-0.3, -0.25) is 4.90 Å². The van der Waals surface area contributed by atoms with Gasteiger partial charge in [0, 0.05) is 49.0 Å². The van der Waals surface area contributed by atoms with Crippen molar-refractivity contribution >= 4 is 17.4 Å². The number of anilines is 1. The van der Waals surface area contributed by atoms with E-state index in [2.05, 4.69) is 15.0 Å². The van der Waals surface area contributed by atoms with E-state index in [4.69, 9.17) is 16.1 Å². The zero-order chi connectivity index (χ0) is 20.4. The molecule has 4 rings (SSSR count). The van der Waals surface area contributed by atoms with Crippen molar-refractivity contribution in [2.24, 2.45) is 0 Å². The van der Waals surface area contributed by atoms with E-state index in [9.17, 15) is 13.2 Å². The number of alkyl halides is 3. The minimum absolute atomic E-state index is 0.558. The summed E-state index contributed by atoms with van der Waals surface area (Å²) in [5.74, 6) is 1.32. The van der Waals surface area contributed by atoms with Crippen LogP contribution in [0.1, 0.15) is 11.3 Å². The number of benzene rings is 1. The maximum Gasteiger partial charge on any atom is 0.417 e. The second-order valence-corrected chi connectivity index (χ2v) is 7.29. The standard InChI is InChI=1S/C20H18ClF3N4O/c21-16-4-1-14(2-5-16)18-11-17(29-26-18)13-27-7-9-28(10-8-27)19-6-3-15(12-25-19)20(22,23)24/h1-6,11-12H,7-10,13H2. The summed E-state index contributed by atoms with van der Waals surface area (Å²) in [6, 6.07) is 11.8. The first-order valence-corrected chi connectivity index (χ1v) is 9.48. The van der Waals surface area contributed by atoms with E-state index in [0.717, 1.165) is 42.4 Å². The summed E-state index contributed by atoms with van der Waals surface area (Å²) >= 11 is 5.91. The lowest BCUT2D eigenvalue weighted by atomic mass is 10.1. The van der Waals surface area contributed by atoms with E-state index in [-0.39, 0.29) is 0 Å². The van der Waals surface area contributed by atoms with E-state index in [1.807, 2.05) is 23.1 Å². The van der Waals surface area contributed by atoms with Crippen molar-refractivity contribution in [2.45, 2.75) is 12.7 Å². The third-order valence-corrected chi connectivity index (χ3v) is 5.10. The maximum atomic E-state index is 12.7. The second-order valence-electron chi connectivity index (χ2n) is 6.85. The van der Waals surface area contributed by atoms with Crippen LogP contribution in [0.25, 0.3) is 11.3 Å². The van der Waals surface area contributed by atoms with Gasteiger partial charge in [-0.25, -0.2) is 4.98 Å². The Kier molecular flexibility index (Phi) is 5.47. The zero-order valence-electron chi connectivity index (χ0n) is 15.4. The Bertz CT molecular complexity index is 949. The van der Waals surface area contributed by atoms with Crippen molar-refractivity contribution in [3.63, 3.8) is 0 Å². The molecule has 0 unspecified atom stereocenters. The third-order valence-electron chi connectivity index (χ3n) is 4.85. The molecule has 3 aromatic rings. The highest BCUT2D eigenvalue weighted by Gasteiger charge is 2.31. The van der Waals surface area contributed by atoms with E-state index >= 15 is 0 Å². The molecule has 0 amide bonds. The SMILES string of the molecule is FC(F)(F)c1ccc(N2CCN(Cc3cc(-c4ccc(Cl)cc4)no3)CC2)nc1. The Hall–Kier alpha value is -2.58. The molecule has 2 aromatic heterocycles. The molecule has 0 atom stereocenters. The fraction of sp³-hybridized carbons (Fsp3) is 0.300. The molecule has 1 fully saturated rings. The molecule has 0 N–H and O–H groups in total. The fourth-order valence-electron chi connectivity index (χ4n) is 3.24. The van der Waals surface area contributed by atoms with Crippen LogP contribution in [0.2, 0.25) is 5.02 Å². The quantitative estimate of drug-likeness (QED) is 0.608. The number of pyridine rings is 1. The maximum absolute atomic E-state index is 12.7. The largest absolute Gasteiger partial charge is 0.417 e. The molecule has 0 spiro atoms. The first-order valence-electron chi connectivity index (χ1n) is 9.10. The number of hydrogen-bond acceptors (Lipinski definition) is 5. The molecule has 1 aromatic carbocycles. The first kappa shape index (κ1) is 19.7. The average molecular weight is 423 g/mol. The van der Waals surface area contributed by atoms with Crippen molar-refractivity contribution in [3.8, 4) is 11.3 Å². The number of rotatable bonds is 4. The molecular formula is C20H18ClF3N4O. The second kappa shape index (κ2) is 8.04. The van der Waals surface area contributed by atoms with Crippen LogP contribution in [0, 0.1) is 0 Å². The lowest BCUT2D eigenvalue weighted by Crippen LogP contribution is -2.46. The van der Waals surface area contributed by atoms with Gasteiger partial charge in [-0.2, -0.15) is 13.2 Å². The Labute approximate surface area is 170 Å². The third kappa shape index (κ3) is 4.71. The van der Waals surface area contributed by atoms with Crippen molar-refractivity contribution in [1.82, 2.24) is 15.0 Å². The monoisotopic (exact) mass is 422 g/mol. The van der Waals surface area contributed by atoms with Gasteiger partial charge < -0.3 is 9.42 Å². The van der Waals surface area contributed by atoms with Gasteiger partial charge in [0.15, 0.2) is 5.76 Å². The van der Waals surface area contributed by atoms with Crippen molar-refractivity contribution in [1.29, 1.82) is 0 Å². The normalized spacial score (nSPS) is 15.7. The average Bonchev–Trinajstić information content (AvgIpc) is 3.17. The molecule has 0 aliphatic carbocycles. The first-order chi connectivity index (χ1) is 13.9. The zero-order valence-corrected chi connectivity index (χ0v) is 16.1. The van der Waals surface area contributed by atoms with Crippen LogP contribution in [0.15, 0.2) is 53.2 Å². The van der Waals surface area contributed by atoms with Crippen LogP contribution in [-0.4, -0.2) is 41.2 Å². The van der Waals surface area contributed by atoms with Crippen LogP contribution < -0.4 is 4.90 Å². The van der Waals surface area contributed by atoms with Gasteiger partial charge in [-0.05, 0) is 24.3 Å². The van der Waals surface area contributed by atoms with Crippen molar-refractivity contribution < 1.29 is 17.7 Å². The van der Waals surface area contributed by atoms with E-state index in [1.165, 1.54) is 6.07 Å². The van der Waals surface area contributed by atoms with E-state index in [1.54, 1.807) is 12.1 Å². The molecule has 9 heteroatoms. The lowest BCUT2D eigenvalue weighted by Gasteiger charge is -2.34. The Morgan fingerprint density at radius 2 is 1.72 bits per heavy atom. The Morgan fingerprint density at radius 3 is 2.34 bits per heavy atom. The molecule has 5 nitrogen and oxygen atoms in total. The van der Waals surface area contributed by atoms with Gasteiger partial charge in [0.1, 0.15) is 11.5 Å². The number of halogens is 4. The molecule has 1 saturated heterocycles. The molecule has 0 radical (unpaired) electrons. The van der Waals surface area contributed by atoms with Gasteiger partial charge in [0.2, 0.25) is 0 Å². The van der Waals surface area contributed by atoms with Gasteiger partial charge in [0.05, 0.1) is 12.1 Å². The number of hydrogen-bond donors (Lipinski definition) is 0. The Morgan fingerprint density at radius 1 is 1.00 bits per heavy atom.